The highest BCUT2D eigenvalue weighted by molar-refractivity contribution is 7.98. The van der Waals surface area contributed by atoms with Crippen LogP contribution < -0.4 is 10.2 Å². The zero-order valence-corrected chi connectivity index (χ0v) is 20.1. The number of benzene rings is 1. The summed E-state index contributed by atoms with van der Waals surface area (Å²) < 4.78 is 10.7. The maximum atomic E-state index is 12.4. The molecule has 1 amide bonds. The molecule has 0 atom stereocenters. The van der Waals surface area contributed by atoms with E-state index in [-0.39, 0.29) is 5.91 Å². The first-order chi connectivity index (χ1) is 16.7. The molecule has 1 aromatic carbocycles. The number of nitrogens with one attached hydrogen (secondary N) is 1. The number of ether oxygens (including phenoxy) is 2. The number of thioether (sulfide) groups is 1. The Morgan fingerprint density at radius 2 is 1.94 bits per heavy atom. The zero-order chi connectivity index (χ0) is 23.6. The number of methoxy groups -OCH3 is 1. The predicted octanol–water partition coefficient (Wildman–Crippen LogP) is 3.12. The van der Waals surface area contributed by atoms with Gasteiger partial charge in [0.25, 0.3) is 5.91 Å². The fourth-order valence-corrected chi connectivity index (χ4v) is 4.38. The van der Waals surface area contributed by atoms with E-state index in [0.717, 1.165) is 35.9 Å². The van der Waals surface area contributed by atoms with Crippen LogP contribution in [0.15, 0.2) is 59.9 Å². The van der Waals surface area contributed by atoms with Crippen LogP contribution in [0.4, 0.5) is 5.82 Å². The Balaban J connectivity index is 1.32. The summed E-state index contributed by atoms with van der Waals surface area (Å²) in [5.74, 6) is 1.53. The number of amides is 1. The molecule has 0 radical (unpaired) electrons. The van der Waals surface area contributed by atoms with Crippen molar-refractivity contribution in [1.82, 2.24) is 20.3 Å². The summed E-state index contributed by atoms with van der Waals surface area (Å²) in [6.45, 7) is 4.04. The molecule has 0 bridgehead atoms. The summed E-state index contributed by atoms with van der Waals surface area (Å²) in [7, 11) is 1.67. The Bertz CT molecular complexity index is 1060. The van der Waals surface area contributed by atoms with Crippen LogP contribution in [0.5, 0.6) is 0 Å². The Morgan fingerprint density at radius 1 is 1.12 bits per heavy atom. The topological polar surface area (TPSA) is 89.5 Å². The lowest BCUT2D eigenvalue weighted by Crippen LogP contribution is -2.37. The maximum absolute atomic E-state index is 12.4. The molecule has 4 rings (SSSR count). The quantitative estimate of drug-likeness (QED) is 0.351. The molecule has 0 aliphatic carbocycles. The molecule has 3 aromatic rings. The number of rotatable bonds is 10. The molecule has 3 heterocycles. The molecule has 0 saturated carbocycles. The lowest BCUT2D eigenvalue weighted by atomic mass is 10.1. The van der Waals surface area contributed by atoms with E-state index in [4.69, 9.17) is 14.5 Å². The van der Waals surface area contributed by atoms with Gasteiger partial charge in [0.15, 0.2) is 5.16 Å². The number of pyridine rings is 1. The molecule has 34 heavy (non-hydrogen) atoms. The van der Waals surface area contributed by atoms with Crippen LogP contribution in [0.1, 0.15) is 27.3 Å². The maximum Gasteiger partial charge on any atom is 0.251 e. The van der Waals surface area contributed by atoms with Crippen LogP contribution in [0.2, 0.25) is 0 Å². The van der Waals surface area contributed by atoms with E-state index in [0.29, 0.717) is 49.3 Å². The average molecular weight is 480 g/mol. The lowest BCUT2D eigenvalue weighted by Gasteiger charge is -2.28. The zero-order valence-electron chi connectivity index (χ0n) is 19.3. The van der Waals surface area contributed by atoms with Gasteiger partial charge in [0.1, 0.15) is 5.82 Å². The van der Waals surface area contributed by atoms with Gasteiger partial charge >= 0.3 is 0 Å². The second kappa shape index (κ2) is 12.5. The van der Waals surface area contributed by atoms with Gasteiger partial charge in [-0.05, 0) is 29.8 Å². The molecule has 1 aliphatic rings. The minimum atomic E-state index is -0.0825. The largest absolute Gasteiger partial charge is 0.378 e. The van der Waals surface area contributed by atoms with Crippen molar-refractivity contribution in [3.8, 4) is 0 Å². The molecule has 1 N–H and O–H groups in total. The Morgan fingerprint density at radius 3 is 2.68 bits per heavy atom. The summed E-state index contributed by atoms with van der Waals surface area (Å²) in [6.07, 6.45) is 2.46. The highest BCUT2D eigenvalue weighted by Gasteiger charge is 2.15. The summed E-state index contributed by atoms with van der Waals surface area (Å²) in [4.78, 5) is 28.3. The number of carbonyl (C=O) groups is 1. The number of carbonyl (C=O) groups excluding carboxylic acids is 1. The first-order valence-electron chi connectivity index (χ1n) is 11.3. The van der Waals surface area contributed by atoms with Crippen molar-refractivity contribution in [2.24, 2.45) is 0 Å². The summed E-state index contributed by atoms with van der Waals surface area (Å²) >= 11 is 1.57. The number of anilines is 1. The van der Waals surface area contributed by atoms with Crippen molar-refractivity contribution in [3.05, 3.63) is 77.2 Å². The SMILES string of the molecule is COCc1cc(N2CCOCC2)nc(SCc2ccc(C(=O)NCCc3ccccn3)cc2)n1. The van der Waals surface area contributed by atoms with E-state index in [2.05, 4.69) is 20.2 Å². The summed E-state index contributed by atoms with van der Waals surface area (Å²) in [6, 6.07) is 15.4. The van der Waals surface area contributed by atoms with Crippen molar-refractivity contribution >= 4 is 23.5 Å². The first-order valence-corrected chi connectivity index (χ1v) is 12.3. The second-order valence-corrected chi connectivity index (χ2v) is 8.79. The molecule has 9 heteroatoms. The third-order valence-corrected chi connectivity index (χ3v) is 6.27. The van der Waals surface area contributed by atoms with Gasteiger partial charge in [-0.1, -0.05) is 30.0 Å². The monoisotopic (exact) mass is 479 g/mol. The van der Waals surface area contributed by atoms with E-state index in [1.54, 1.807) is 25.1 Å². The molecule has 2 aromatic heterocycles. The van der Waals surface area contributed by atoms with Gasteiger partial charge in [0.2, 0.25) is 0 Å². The first kappa shape index (κ1) is 24.1. The Hall–Kier alpha value is -3.01. The fourth-order valence-electron chi connectivity index (χ4n) is 3.55. The standard InChI is InChI=1S/C25H29N5O3S/c1-32-17-22-16-23(30-12-14-33-15-13-30)29-25(28-22)34-18-19-5-7-20(8-6-19)24(31)27-11-9-21-4-2-3-10-26-21/h2-8,10,16H,9,11-15,17-18H2,1H3,(H,27,31). The highest BCUT2D eigenvalue weighted by atomic mass is 32.2. The van der Waals surface area contributed by atoms with E-state index in [9.17, 15) is 4.79 Å². The van der Waals surface area contributed by atoms with Gasteiger partial charge in [-0.2, -0.15) is 0 Å². The van der Waals surface area contributed by atoms with Crippen molar-refractivity contribution in [2.45, 2.75) is 23.9 Å². The van der Waals surface area contributed by atoms with E-state index in [1.165, 1.54) is 0 Å². The second-order valence-electron chi connectivity index (χ2n) is 7.85. The molecular formula is C25H29N5O3S. The third-order valence-electron chi connectivity index (χ3n) is 5.35. The number of aromatic nitrogens is 3. The summed E-state index contributed by atoms with van der Waals surface area (Å²) in [5.41, 5.74) is 3.56. The van der Waals surface area contributed by atoms with Crippen LogP contribution in [0, 0.1) is 0 Å². The Kier molecular flexibility index (Phi) is 8.84. The van der Waals surface area contributed by atoms with Gasteiger partial charge in [-0.15, -0.1) is 0 Å². The number of morpholine rings is 1. The van der Waals surface area contributed by atoms with Gasteiger partial charge in [-0.3, -0.25) is 9.78 Å². The minimum absolute atomic E-state index is 0.0825. The molecule has 1 fully saturated rings. The van der Waals surface area contributed by atoms with E-state index >= 15 is 0 Å². The average Bonchev–Trinajstić information content (AvgIpc) is 2.89. The molecule has 1 saturated heterocycles. The van der Waals surface area contributed by atoms with Crippen LogP contribution in [-0.4, -0.2) is 60.8 Å². The van der Waals surface area contributed by atoms with Gasteiger partial charge in [-0.25, -0.2) is 9.97 Å². The molecule has 0 spiro atoms. The molecule has 1 aliphatic heterocycles. The lowest BCUT2D eigenvalue weighted by molar-refractivity contribution is 0.0954. The minimum Gasteiger partial charge on any atom is -0.378 e. The van der Waals surface area contributed by atoms with E-state index in [1.807, 2.05) is 48.5 Å². The summed E-state index contributed by atoms with van der Waals surface area (Å²) in [5, 5.41) is 3.67. The molecular weight excluding hydrogens is 450 g/mol. The highest BCUT2D eigenvalue weighted by Crippen LogP contribution is 2.24. The fraction of sp³-hybridized carbons (Fsp3) is 0.360. The molecule has 8 nitrogen and oxygen atoms in total. The third kappa shape index (κ3) is 6.99. The van der Waals surface area contributed by atoms with Gasteiger partial charge in [0, 0.05) is 62.4 Å². The smallest absolute Gasteiger partial charge is 0.251 e. The normalized spacial score (nSPS) is 13.6. The van der Waals surface area contributed by atoms with Gasteiger partial charge < -0.3 is 19.7 Å². The van der Waals surface area contributed by atoms with E-state index < -0.39 is 0 Å². The van der Waals surface area contributed by atoms with Crippen molar-refractivity contribution in [3.63, 3.8) is 0 Å². The van der Waals surface area contributed by atoms with Crippen LogP contribution in [0.3, 0.4) is 0 Å². The van der Waals surface area contributed by atoms with Crippen LogP contribution in [0.25, 0.3) is 0 Å². The van der Waals surface area contributed by atoms with Gasteiger partial charge in [0.05, 0.1) is 25.5 Å². The number of hydrogen-bond donors (Lipinski definition) is 1. The van der Waals surface area contributed by atoms with Crippen molar-refractivity contribution in [2.75, 3.05) is 44.9 Å². The van der Waals surface area contributed by atoms with Crippen LogP contribution >= 0.6 is 11.8 Å². The number of hydrogen-bond acceptors (Lipinski definition) is 8. The Labute approximate surface area is 204 Å². The number of nitrogens with zero attached hydrogens (tertiary/aromatic N) is 4. The molecule has 0 unspecified atom stereocenters. The van der Waals surface area contributed by atoms with Crippen molar-refractivity contribution in [1.29, 1.82) is 0 Å². The van der Waals surface area contributed by atoms with Crippen molar-refractivity contribution < 1.29 is 14.3 Å². The predicted molar refractivity (Wildman–Crippen MR) is 132 cm³/mol. The van der Waals surface area contributed by atoms with Crippen LogP contribution in [-0.2, 0) is 28.3 Å². The molecule has 178 valence electrons.